The van der Waals surface area contributed by atoms with Crippen LogP contribution in [0, 0.1) is 17.0 Å². The van der Waals surface area contributed by atoms with E-state index in [1.165, 1.54) is 10.5 Å². The predicted octanol–water partition coefficient (Wildman–Crippen LogP) is 1.76. The molecule has 14 heteroatoms. The number of ether oxygens (including phenoxy) is 1. The number of hydrogen-bond acceptors (Lipinski definition) is 9. The van der Waals surface area contributed by atoms with Gasteiger partial charge in [-0.15, -0.1) is 0 Å². The van der Waals surface area contributed by atoms with Crippen molar-refractivity contribution in [3.05, 3.63) is 46.4 Å². The molecule has 0 N–H and O–H groups in total. The van der Waals surface area contributed by atoms with Crippen LogP contribution in [0.5, 0.6) is 5.75 Å². The van der Waals surface area contributed by atoms with Crippen LogP contribution in [0.3, 0.4) is 0 Å². The van der Waals surface area contributed by atoms with E-state index in [1.807, 2.05) is 4.90 Å². The molecule has 2 aliphatic heterocycles. The summed E-state index contributed by atoms with van der Waals surface area (Å²) in [6.07, 6.45) is 2.67. The summed E-state index contributed by atoms with van der Waals surface area (Å²) in [4.78, 5) is 22.2. The van der Waals surface area contributed by atoms with Crippen molar-refractivity contribution < 1.29 is 26.8 Å². The first-order chi connectivity index (χ1) is 18.0. The first-order valence-corrected chi connectivity index (χ1v) is 13.9. The van der Waals surface area contributed by atoms with Gasteiger partial charge in [0.1, 0.15) is 28.9 Å². The molecule has 1 saturated carbocycles. The third-order valence-electron chi connectivity index (χ3n) is 7.25. The zero-order valence-corrected chi connectivity index (χ0v) is 22.2. The maximum Gasteiger partial charge on any atom is 0.316 e. The molecule has 11 nitrogen and oxygen atoms in total. The normalized spacial score (nSPS) is 21.3. The smallest absolute Gasteiger partial charge is 0.316 e. The molecule has 1 unspecified atom stereocenters. The minimum atomic E-state index is -3.64. The van der Waals surface area contributed by atoms with Gasteiger partial charge in [-0.3, -0.25) is 4.79 Å². The van der Waals surface area contributed by atoms with Crippen LogP contribution in [-0.2, 0) is 14.9 Å². The monoisotopic (exact) mass is 552 g/mol. The molecule has 1 saturated heterocycles. The highest BCUT2D eigenvalue weighted by Crippen LogP contribution is 2.45. The van der Waals surface area contributed by atoms with Crippen LogP contribution >= 0.6 is 0 Å². The highest BCUT2D eigenvalue weighted by molar-refractivity contribution is 7.89. The fraction of sp³-hybridized carbons (Fsp3) is 0.542. The Labute approximate surface area is 219 Å². The van der Waals surface area contributed by atoms with Gasteiger partial charge in [0.2, 0.25) is 22.0 Å². The maximum absolute atomic E-state index is 13.8. The largest absolute Gasteiger partial charge is 0.486 e. The van der Waals surface area contributed by atoms with E-state index in [9.17, 15) is 22.0 Å². The second-order valence-electron chi connectivity index (χ2n) is 10.3. The molecule has 0 amide bonds. The van der Waals surface area contributed by atoms with E-state index >= 15 is 0 Å². The summed E-state index contributed by atoms with van der Waals surface area (Å²) in [6, 6.07) is 2.75. The molecule has 38 heavy (non-hydrogen) atoms. The van der Waals surface area contributed by atoms with E-state index in [0.717, 1.165) is 29.7 Å². The minimum Gasteiger partial charge on any atom is -0.486 e. The van der Waals surface area contributed by atoms with Gasteiger partial charge >= 0.3 is 5.56 Å². The summed E-state index contributed by atoms with van der Waals surface area (Å²) in [7, 11) is -1.91. The fourth-order valence-electron chi connectivity index (χ4n) is 4.36. The molecule has 2 aromatic rings. The summed E-state index contributed by atoms with van der Waals surface area (Å²) in [5.74, 6) is -1.29. The Bertz CT molecular complexity index is 1400. The minimum absolute atomic E-state index is 0.0164. The molecule has 0 spiro atoms. The quantitative estimate of drug-likeness (QED) is 0.488. The number of anilines is 1. The van der Waals surface area contributed by atoms with Crippen molar-refractivity contribution in [1.29, 1.82) is 0 Å². The van der Waals surface area contributed by atoms with E-state index in [1.54, 1.807) is 18.9 Å². The van der Waals surface area contributed by atoms with E-state index in [0.29, 0.717) is 37.3 Å². The molecule has 2 fully saturated rings. The van der Waals surface area contributed by atoms with Crippen molar-refractivity contribution in [2.45, 2.75) is 32.9 Å². The van der Waals surface area contributed by atoms with Crippen LogP contribution in [-0.4, -0.2) is 85.1 Å². The lowest BCUT2D eigenvalue weighted by Crippen LogP contribution is -2.51. The van der Waals surface area contributed by atoms with Crippen molar-refractivity contribution in [1.82, 2.24) is 19.0 Å². The molecule has 0 radical (unpaired) electrons. The van der Waals surface area contributed by atoms with Crippen LogP contribution in [0.2, 0.25) is 0 Å². The molecule has 5 rings (SSSR count). The van der Waals surface area contributed by atoms with E-state index in [4.69, 9.17) is 9.57 Å². The number of rotatable bonds is 8. The van der Waals surface area contributed by atoms with Crippen LogP contribution in [0.25, 0.3) is 5.69 Å². The Morgan fingerprint density at radius 2 is 1.79 bits per heavy atom. The molecule has 1 aromatic carbocycles. The summed E-state index contributed by atoms with van der Waals surface area (Å²) >= 11 is 0. The summed E-state index contributed by atoms with van der Waals surface area (Å²) in [5, 5.41) is 7.99. The van der Waals surface area contributed by atoms with Crippen molar-refractivity contribution in [3.63, 3.8) is 0 Å². The van der Waals surface area contributed by atoms with Gasteiger partial charge in [-0.1, -0.05) is 12.1 Å². The number of oxime groups is 1. The predicted molar refractivity (Wildman–Crippen MR) is 136 cm³/mol. The Balaban J connectivity index is 1.36. The molecular weight excluding hydrogens is 522 g/mol. The number of hydrogen-bond donors (Lipinski definition) is 0. The molecule has 1 atom stereocenters. The van der Waals surface area contributed by atoms with Gasteiger partial charge in [0.25, 0.3) is 0 Å². The van der Waals surface area contributed by atoms with Gasteiger partial charge < -0.3 is 19.4 Å². The molecule has 1 aromatic heterocycles. The number of benzene rings is 1. The lowest BCUT2D eigenvalue weighted by molar-refractivity contribution is 0.0369. The van der Waals surface area contributed by atoms with Crippen molar-refractivity contribution in [2.75, 3.05) is 50.5 Å². The zero-order valence-electron chi connectivity index (χ0n) is 21.4. The summed E-state index contributed by atoms with van der Waals surface area (Å²) < 4.78 is 62.0. The number of amidine groups is 1. The summed E-state index contributed by atoms with van der Waals surface area (Å²) in [6.45, 7) is 5.06. The average molecular weight is 553 g/mol. The highest BCUT2D eigenvalue weighted by Gasteiger charge is 2.39. The van der Waals surface area contributed by atoms with E-state index in [2.05, 4.69) is 17.2 Å². The molecule has 206 valence electrons. The molecule has 0 bridgehead atoms. The van der Waals surface area contributed by atoms with Crippen LogP contribution in [0.15, 0.2) is 34.3 Å². The lowest BCUT2D eigenvalue weighted by Gasteiger charge is -2.36. The van der Waals surface area contributed by atoms with Crippen LogP contribution in [0.1, 0.15) is 26.7 Å². The van der Waals surface area contributed by atoms with Crippen molar-refractivity contribution in [3.8, 4) is 11.4 Å². The Kier molecular flexibility index (Phi) is 6.80. The van der Waals surface area contributed by atoms with Gasteiger partial charge in [-0.05, 0) is 31.9 Å². The number of aromatic nitrogens is 2. The first-order valence-electron chi connectivity index (χ1n) is 12.3. The van der Waals surface area contributed by atoms with Crippen LogP contribution in [0.4, 0.5) is 14.5 Å². The Morgan fingerprint density at radius 3 is 2.37 bits per heavy atom. The fourth-order valence-corrected chi connectivity index (χ4v) is 5.93. The van der Waals surface area contributed by atoms with E-state index < -0.39 is 33.4 Å². The number of halogens is 2. The second kappa shape index (κ2) is 9.80. The first kappa shape index (κ1) is 26.4. The molecule has 3 aliphatic rings. The standard InChI is InChI=1S/C24H30F2N6O5S/c1-16-28-37-21(29(16)3)14-38(34,35)31-8-6-30(7-9-31)20-13-27-32(19-11-17(25)10-18(26)12-19)23(33)22(20)36-15-24(2)4-5-24/h10-13,21H,4-9,14-15H2,1-3H3. The Hall–Kier alpha value is -3.26. The van der Waals surface area contributed by atoms with Gasteiger partial charge in [0.15, 0.2) is 0 Å². The molecule has 1 aliphatic carbocycles. The maximum atomic E-state index is 13.8. The van der Waals surface area contributed by atoms with Gasteiger partial charge in [0.05, 0.1) is 18.5 Å². The Morgan fingerprint density at radius 1 is 1.13 bits per heavy atom. The average Bonchev–Trinajstić information content (AvgIpc) is 3.53. The molecule has 3 heterocycles. The number of sulfonamides is 1. The topological polar surface area (TPSA) is 110 Å². The van der Waals surface area contributed by atoms with Gasteiger partial charge in [-0.2, -0.15) is 14.1 Å². The molecular formula is C24H30F2N6O5S. The number of nitrogens with zero attached hydrogens (tertiary/aromatic N) is 6. The third kappa shape index (κ3) is 5.32. The summed E-state index contributed by atoms with van der Waals surface area (Å²) in [5.41, 5.74) is -0.334. The van der Waals surface area contributed by atoms with Crippen LogP contribution < -0.4 is 15.2 Å². The van der Waals surface area contributed by atoms with Crippen molar-refractivity contribution >= 4 is 21.5 Å². The van der Waals surface area contributed by atoms with E-state index in [-0.39, 0.29) is 35.7 Å². The second-order valence-corrected chi connectivity index (χ2v) is 12.3. The lowest BCUT2D eigenvalue weighted by atomic mass is 10.2. The number of piperazine rings is 1. The third-order valence-corrected chi connectivity index (χ3v) is 9.11. The van der Waals surface area contributed by atoms with Crippen molar-refractivity contribution in [2.24, 2.45) is 10.6 Å². The zero-order chi connectivity index (χ0) is 27.2. The highest BCUT2D eigenvalue weighted by atomic mass is 32.2. The SMILES string of the molecule is CC1=NOC(CS(=O)(=O)N2CCN(c3cnn(-c4cc(F)cc(F)c4)c(=O)c3OCC3(C)CC3)CC2)N1C. The van der Waals surface area contributed by atoms with Gasteiger partial charge in [-0.25, -0.2) is 17.2 Å². The van der Waals surface area contributed by atoms with Gasteiger partial charge in [0, 0.05) is 44.7 Å².